The Morgan fingerprint density at radius 1 is 1.18 bits per heavy atom. The van der Waals surface area contributed by atoms with E-state index in [4.69, 9.17) is 9.94 Å². The van der Waals surface area contributed by atoms with Crippen molar-refractivity contribution in [3.8, 4) is 5.75 Å². The molecule has 2 fully saturated rings. The molecule has 0 saturated heterocycles. The van der Waals surface area contributed by atoms with Crippen LogP contribution in [0.2, 0.25) is 0 Å². The molecule has 2 aliphatic rings. The van der Waals surface area contributed by atoms with Gasteiger partial charge in [0.2, 0.25) is 20.0 Å². The molecule has 0 aromatic heterocycles. The molecule has 0 radical (unpaired) electrons. The maximum atomic E-state index is 13.1. The van der Waals surface area contributed by atoms with Gasteiger partial charge in [-0.1, -0.05) is 20.8 Å². The van der Waals surface area contributed by atoms with E-state index in [1.165, 1.54) is 36.9 Å². The predicted octanol–water partition coefficient (Wildman–Crippen LogP) is 0.161. The third kappa shape index (κ3) is 4.28. The largest absolute Gasteiger partial charge is 0.497 e. The molecular weight excluding hydrogens is 474 g/mol. The Morgan fingerprint density at radius 3 is 2.27 bits per heavy atom. The number of ether oxygens (including phenoxy) is 1. The Hall–Kier alpha value is -2.06. The van der Waals surface area contributed by atoms with Gasteiger partial charge in [-0.25, -0.2) is 27.0 Å². The third-order valence-electron chi connectivity index (χ3n) is 7.39. The smallest absolute Gasteiger partial charge is 0.262 e. The van der Waals surface area contributed by atoms with Crippen LogP contribution >= 0.6 is 0 Å². The van der Waals surface area contributed by atoms with Crippen molar-refractivity contribution in [3.05, 3.63) is 24.3 Å². The molecule has 1 aromatic rings. The number of carbonyl (C=O) groups excluding carboxylic acids is 2. The zero-order valence-corrected chi connectivity index (χ0v) is 20.4. The van der Waals surface area contributed by atoms with E-state index in [1.54, 1.807) is 6.92 Å². The minimum atomic E-state index is -4.25. The molecule has 3 rings (SSSR count). The average Bonchev–Trinajstić information content (AvgIpc) is 3.08. The Labute approximate surface area is 193 Å². The Bertz CT molecular complexity index is 1150. The molecule has 33 heavy (non-hydrogen) atoms. The van der Waals surface area contributed by atoms with Gasteiger partial charge < -0.3 is 4.74 Å². The summed E-state index contributed by atoms with van der Waals surface area (Å²) in [6.45, 7) is 4.83. The van der Waals surface area contributed by atoms with Crippen LogP contribution in [0.1, 0.15) is 33.6 Å². The van der Waals surface area contributed by atoms with E-state index in [-0.39, 0.29) is 10.7 Å². The minimum absolute atomic E-state index is 0.195. The number of Topliss-reactive ketones (excluding diaryl/α,β-unsaturated/α-hetero) is 1. The lowest BCUT2D eigenvalue weighted by atomic mass is 9.70. The molecule has 0 heterocycles. The fourth-order valence-corrected chi connectivity index (χ4v) is 8.15. The summed E-state index contributed by atoms with van der Waals surface area (Å²) in [5.41, 5.74) is 0.0489. The van der Waals surface area contributed by atoms with Gasteiger partial charge in [0.15, 0.2) is 5.78 Å². The van der Waals surface area contributed by atoms with E-state index in [1.807, 2.05) is 13.8 Å². The van der Waals surface area contributed by atoms with Crippen LogP contribution in [0.25, 0.3) is 0 Å². The number of amides is 1. The van der Waals surface area contributed by atoms with Crippen molar-refractivity contribution in [1.29, 1.82) is 0 Å². The summed E-state index contributed by atoms with van der Waals surface area (Å²) in [6, 6.07) is 3.63. The van der Waals surface area contributed by atoms with Gasteiger partial charge in [-0.15, -0.1) is 0 Å². The van der Waals surface area contributed by atoms with E-state index in [0.717, 1.165) is 0 Å². The first kappa shape index (κ1) is 25.6. The van der Waals surface area contributed by atoms with Crippen LogP contribution in [0.5, 0.6) is 5.75 Å². The van der Waals surface area contributed by atoms with Gasteiger partial charge in [-0.2, -0.15) is 4.72 Å². The highest BCUT2D eigenvalue weighted by Gasteiger charge is 2.69. The van der Waals surface area contributed by atoms with E-state index in [9.17, 15) is 26.4 Å². The van der Waals surface area contributed by atoms with Crippen molar-refractivity contribution in [1.82, 2.24) is 14.9 Å². The second-order valence-corrected chi connectivity index (χ2v) is 12.8. The number of fused-ring (bicyclic) bond motifs is 2. The summed E-state index contributed by atoms with van der Waals surface area (Å²) < 4.78 is 60.8. The second kappa shape index (κ2) is 8.62. The molecule has 4 N–H and O–H groups in total. The van der Waals surface area contributed by atoms with Crippen LogP contribution in [0.3, 0.4) is 0 Å². The number of benzene rings is 1. The summed E-state index contributed by atoms with van der Waals surface area (Å²) in [5.74, 6) is -1.52. The molecule has 13 heteroatoms. The minimum Gasteiger partial charge on any atom is -0.497 e. The highest BCUT2D eigenvalue weighted by molar-refractivity contribution is 7.91. The topological polar surface area (TPSA) is 168 Å². The van der Waals surface area contributed by atoms with E-state index < -0.39 is 60.5 Å². The van der Waals surface area contributed by atoms with Crippen LogP contribution in [-0.4, -0.2) is 58.7 Å². The Morgan fingerprint density at radius 2 is 1.79 bits per heavy atom. The lowest BCUT2D eigenvalue weighted by Crippen LogP contribution is -2.54. The summed E-state index contributed by atoms with van der Waals surface area (Å²) in [5, 5.41) is 7.74. The maximum absolute atomic E-state index is 13.1. The van der Waals surface area contributed by atoms with Gasteiger partial charge in [-0.05, 0) is 48.4 Å². The third-order valence-corrected chi connectivity index (χ3v) is 10.7. The SMILES string of the molecule is COc1ccc(S(=O)(=O)NC(CNS(=O)(=O)C2C(=O)C3(C)CCC2C3(C)C)C(=O)NO)cc1. The number of hydrogen-bond acceptors (Lipinski definition) is 8. The lowest BCUT2D eigenvalue weighted by Gasteiger charge is -2.32. The highest BCUT2D eigenvalue weighted by atomic mass is 32.2. The van der Waals surface area contributed by atoms with Crippen molar-refractivity contribution in [2.45, 2.75) is 49.8 Å². The summed E-state index contributed by atoms with van der Waals surface area (Å²) >= 11 is 0. The first-order valence-electron chi connectivity index (χ1n) is 10.3. The summed E-state index contributed by atoms with van der Waals surface area (Å²) in [7, 11) is -7.07. The monoisotopic (exact) mass is 503 g/mol. The highest BCUT2D eigenvalue weighted by Crippen LogP contribution is 2.64. The number of nitrogens with one attached hydrogen (secondary N) is 3. The molecule has 1 amide bonds. The number of methoxy groups -OCH3 is 1. The molecule has 1 aromatic carbocycles. The first-order chi connectivity index (χ1) is 15.2. The fraction of sp³-hybridized carbons (Fsp3) is 0.600. The number of sulfonamides is 2. The van der Waals surface area contributed by atoms with Gasteiger partial charge in [0, 0.05) is 12.0 Å². The average molecular weight is 504 g/mol. The molecule has 184 valence electrons. The van der Waals surface area contributed by atoms with Gasteiger partial charge in [0.05, 0.1) is 12.0 Å². The molecule has 0 spiro atoms. The number of rotatable bonds is 9. The van der Waals surface area contributed by atoms with E-state index in [0.29, 0.717) is 18.6 Å². The van der Waals surface area contributed by atoms with Gasteiger partial charge >= 0.3 is 0 Å². The quantitative estimate of drug-likeness (QED) is 0.273. The van der Waals surface area contributed by atoms with Crippen LogP contribution in [0, 0.1) is 16.7 Å². The first-order valence-corrected chi connectivity index (χ1v) is 13.4. The molecule has 4 atom stereocenters. The molecule has 11 nitrogen and oxygen atoms in total. The zero-order valence-electron chi connectivity index (χ0n) is 18.8. The lowest BCUT2D eigenvalue weighted by molar-refractivity contribution is -0.130. The standard InChI is InChI=1S/C20H29N3O8S2/c1-19(2)14-9-10-20(19,3)17(24)16(14)33(29,30)21-11-15(18(25)22-26)23-32(27,28)13-7-5-12(31-4)6-8-13/h5-8,14-16,21,23,26H,9-11H2,1-4H3,(H,22,25). The normalized spacial score (nSPS) is 27.4. The Kier molecular flexibility index (Phi) is 6.68. The van der Waals surface area contributed by atoms with E-state index >= 15 is 0 Å². The molecule has 4 unspecified atom stereocenters. The van der Waals surface area contributed by atoms with E-state index in [2.05, 4.69) is 9.44 Å². The molecular formula is C20H29N3O8S2. The van der Waals surface area contributed by atoms with Gasteiger partial charge in [-0.3, -0.25) is 14.8 Å². The molecule has 0 aliphatic heterocycles. The fourth-order valence-electron chi connectivity index (χ4n) is 4.93. The van der Waals surface area contributed by atoms with Crippen LogP contribution in [0.15, 0.2) is 29.2 Å². The zero-order chi connectivity index (χ0) is 24.8. The summed E-state index contributed by atoms with van der Waals surface area (Å²) in [4.78, 5) is 24.9. The molecule has 2 bridgehead atoms. The molecule has 2 saturated carbocycles. The van der Waals surface area contributed by atoms with Gasteiger partial charge in [0.25, 0.3) is 5.91 Å². The number of hydrogen-bond donors (Lipinski definition) is 4. The second-order valence-electron chi connectivity index (χ2n) is 9.20. The van der Waals surface area contributed by atoms with Crippen LogP contribution < -0.4 is 19.7 Å². The van der Waals surface area contributed by atoms with Crippen molar-refractivity contribution in [3.63, 3.8) is 0 Å². The van der Waals surface area contributed by atoms with Crippen LogP contribution in [0.4, 0.5) is 0 Å². The van der Waals surface area contributed by atoms with Crippen LogP contribution in [-0.2, 0) is 29.6 Å². The van der Waals surface area contributed by atoms with Gasteiger partial charge in [0.1, 0.15) is 17.0 Å². The van der Waals surface area contributed by atoms with Crippen molar-refractivity contribution >= 4 is 31.7 Å². The number of carbonyl (C=O) groups is 2. The Balaban J connectivity index is 1.79. The maximum Gasteiger partial charge on any atom is 0.262 e. The van der Waals surface area contributed by atoms with Crippen molar-refractivity contribution < 1.29 is 36.4 Å². The summed E-state index contributed by atoms with van der Waals surface area (Å²) in [6.07, 6.45) is 1.18. The number of ketones is 1. The van der Waals surface area contributed by atoms with Crippen molar-refractivity contribution in [2.24, 2.45) is 16.7 Å². The predicted molar refractivity (Wildman–Crippen MR) is 117 cm³/mol. The molecule has 2 aliphatic carbocycles. The van der Waals surface area contributed by atoms with Crippen molar-refractivity contribution in [2.75, 3.05) is 13.7 Å². The number of hydroxylamine groups is 1.